The minimum absolute atomic E-state index is 0.0171. The SMILES string of the molecule is CC(CN1CCCCC1)NC(=O)c1cc(Br)cc(Br)c1. The zero-order chi connectivity index (χ0) is 14.5. The van der Waals surface area contributed by atoms with E-state index in [1.54, 1.807) is 0 Å². The molecule has 1 aromatic carbocycles. The molecule has 0 bridgehead atoms. The number of amides is 1. The van der Waals surface area contributed by atoms with Crippen molar-refractivity contribution in [2.75, 3.05) is 19.6 Å². The smallest absolute Gasteiger partial charge is 0.251 e. The Bertz CT molecular complexity index is 453. The molecule has 5 heteroatoms. The summed E-state index contributed by atoms with van der Waals surface area (Å²) in [4.78, 5) is 14.7. The van der Waals surface area contributed by atoms with Gasteiger partial charge in [0.15, 0.2) is 0 Å². The van der Waals surface area contributed by atoms with E-state index < -0.39 is 0 Å². The predicted octanol–water partition coefficient (Wildman–Crippen LogP) is 3.82. The summed E-state index contributed by atoms with van der Waals surface area (Å²) >= 11 is 6.82. The Balaban J connectivity index is 1.89. The molecule has 0 aromatic heterocycles. The number of nitrogens with one attached hydrogen (secondary N) is 1. The lowest BCUT2D eigenvalue weighted by atomic mass is 10.1. The van der Waals surface area contributed by atoms with E-state index in [2.05, 4.69) is 49.0 Å². The van der Waals surface area contributed by atoms with Crippen LogP contribution in [0.15, 0.2) is 27.1 Å². The van der Waals surface area contributed by atoms with Gasteiger partial charge in [-0.2, -0.15) is 0 Å². The van der Waals surface area contributed by atoms with E-state index in [0.29, 0.717) is 5.56 Å². The Morgan fingerprint density at radius 1 is 1.20 bits per heavy atom. The summed E-state index contributed by atoms with van der Waals surface area (Å²) in [5, 5.41) is 3.08. The maximum atomic E-state index is 12.2. The molecule has 0 spiro atoms. The minimum Gasteiger partial charge on any atom is -0.348 e. The first-order valence-electron chi connectivity index (χ1n) is 7.04. The van der Waals surface area contributed by atoms with Crippen molar-refractivity contribution in [2.45, 2.75) is 32.2 Å². The van der Waals surface area contributed by atoms with Crippen molar-refractivity contribution in [3.63, 3.8) is 0 Å². The molecule has 1 fully saturated rings. The lowest BCUT2D eigenvalue weighted by Crippen LogP contribution is -2.43. The van der Waals surface area contributed by atoms with Gasteiger partial charge in [0.05, 0.1) is 0 Å². The van der Waals surface area contributed by atoms with Crippen molar-refractivity contribution in [3.8, 4) is 0 Å². The molecule has 0 saturated carbocycles. The van der Waals surface area contributed by atoms with Gasteiger partial charge in [-0.1, -0.05) is 38.3 Å². The number of hydrogen-bond donors (Lipinski definition) is 1. The Morgan fingerprint density at radius 3 is 2.40 bits per heavy atom. The first kappa shape index (κ1) is 16.0. The molecule has 20 heavy (non-hydrogen) atoms. The Labute approximate surface area is 137 Å². The molecule has 2 rings (SSSR count). The third-order valence-electron chi connectivity index (χ3n) is 3.48. The van der Waals surface area contributed by atoms with Crippen LogP contribution < -0.4 is 5.32 Å². The molecule has 1 aromatic rings. The zero-order valence-corrected chi connectivity index (χ0v) is 14.8. The molecule has 1 N–H and O–H groups in total. The van der Waals surface area contributed by atoms with Crippen LogP contribution in [0.4, 0.5) is 0 Å². The fourth-order valence-electron chi connectivity index (χ4n) is 2.57. The fraction of sp³-hybridized carbons (Fsp3) is 0.533. The molecule has 0 radical (unpaired) electrons. The van der Waals surface area contributed by atoms with E-state index in [1.165, 1.54) is 19.3 Å². The van der Waals surface area contributed by atoms with Crippen molar-refractivity contribution < 1.29 is 4.79 Å². The van der Waals surface area contributed by atoms with Gasteiger partial charge in [-0.05, 0) is 51.1 Å². The van der Waals surface area contributed by atoms with Gasteiger partial charge in [0.2, 0.25) is 0 Å². The molecule has 1 unspecified atom stereocenters. The molecule has 1 aliphatic rings. The molecular weight excluding hydrogens is 384 g/mol. The van der Waals surface area contributed by atoms with E-state index in [1.807, 2.05) is 18.2 Å². The quantitative estimate of drug-likeness (QED) is 0.828. The third kappa shape index (κ3) is 4.86. The normalized spacial score (nSPS) is 17.8. The lowest BCUT2D eigenvalue weighted by Gasteiger charge is -2.29. The van der Waals surface area contributed by atoms with Crippen LogP contribution in [0, 0.1) is 0 Å². The summed E-state index contributed by atoms with van der Waals surface area (Å²) in [7, 11) is 0. The average molecular weight is 404 g/mol. The van der Waals surface area contributed by atoms with Crippen LogP contribution in [0.1, 0.15) is 36.5 Å². The van der Waals surface area contributed by atoms with Crippen molar-refractivity contribution >= 4 is 37.8 Å². The van der Waals surface area contributed by atoms with Gasteiger partial charge in [0, 0.05) is 27.1 Å². The van der Waals surface area contributed by atoms with Crippen molar-refractivity contribution in [2.24, 2.45) is 0 Å². The van der Waals surface area contributed by atoms with Gasteiger partial charge in [0.25, 0.3) is 5.91 Å². The van der Waals surface area contributed by atoms with Gasteiger partial charge in [-0.3, -0.25) is 4.79 Å². The first-order chi connectivity index (χ1) is 9.54. The van der Waals surface area contributed by atoms with Gasteiger partial charge in [-0.15, -0.1) is 0 Å². The molecule has 1 saturated heterocycles. The Morgan fingerprint density at radius 2 is 1.80 bits per heavy atom. The van der Waals surface area contributed by atoms with E-state index in [-0.39, 0.29) is 11.9 Å². The lowest BCUT2D eigenvalue weighted by molar-refractivity contribution is 0.0925. The maximum Gasteiger partial charge on any atom is 0.251 e. The van der Waals surface area contributed by atoms with E-state index in [9.17, 15) is 4.79 Å². The predicted molar refractivity (Wildman–Crippen MR) is 89.1 cm³/mol. The number of likely N-dealkylation sites (tertiary alicyclic amines) is 1. The average Bonchev–Trinajstić information content (AvgIpc) is 2.38. The largest absolute Gasteiger partial charge is 0.348 e. The monoisotopic (exact) mass is 402 g/mol. The number of hydrogen-bond acceptors (Lipinski definition) is 2. The highest BCUT2D eigenvalue weighted by atomic mass is 79.9. The minimum atomic E-state index is -0.0171. The summed E-state index contributed by atoms with van der Waals surface area (Å²) in [6.07, 6.45) is 3.89. The second-order valence-corrected chi connectivity index (χ2v) is 7.23. The van der Waals surface area contributed by atoms with Crippen molar-refractivity contribution in [3.05, 3.63) is 32.7 Å². The molecular formula is C15H20Br2N2O. The highest BCUT2D eigenvalue weighted by Gasteiger charge is 2.16. The summed E-state index contributed by atoms with van der Waals surface area (Å²) in [5.41, 5.74) is 0.678. The van der Waals surface area contributed by atoms with E-state index in [4.69, 9.17) is 0 Å². The van der Waals surface area contributed by atoms with Gasteiger partial charge < -0.3 is 10.2 Å². The van der Waals surface area contributed by atoms with Gasteiger partial charge in [-0.25, -0.2) is 0 Å². The van der Waals surface area contributed by atoms with Crippen LogP contribution in [0.2, 0.25) is 0 Å². The number of benzene rings is 1. The number of carbonyl (C=O) groups is 1. The second-order valence-electron chi connectivity index (χ2n) is 5.39. The third-order valence-corrected chi connectivity index (χ3v) is 4.40. The van der Waals surface area contributed by atoms with Gasteiger partial charge in [0.1, 0.15) is 0 Å². The van der Waals surface area contributed by atoms with Gasteiger partial charge >= 0.3 is 0 Å². The van der Waals surface area contributed by atoms with Crippen molar-refractivity contribution in [1.82, 2.24) is 10.2 Å². The summed E-state index contributed by atoms with van der Waals surface area (Å²) in [6, 6.07) is 5.77. The zero-order valence-electron chi connectivity index (χ0n) is 11.7. The number of nitrogens with zero attached hydrogens (tertiary/aromatic N) is 1. The number of piperidine rings is 1. The molecule has 1 heterocycles. The summed E-state index contributed by atoms with van der Waals surface area (Å²) < 4.78 is 1.81. The number of carbonyl (C=O) groups excluding carboxylic acids is 1. The molecule has 1 atom stereocenters. The number of halogens is 2. The van der Waals surface area contributed by atoms with Crippen LogP contribution in [0.3, 0.4) is 0 Å². The van der Waals surface area contributed by atoms with Crippen molar-refractivity contribution in [1.29, 1.82) is 0 Å². The summed E-state index contributed by atoms with van der Waals surface area (Å²) in [5.74, 6) is -0.0171. The maximum absolute atomic E-state index is 12.2. The Hall–Kier alpha value is -0.390. The van der Waals surface area contributed by atoms with Crippen LogP contribution in [-0.2, 0) is 0 Å². The fourth-order valence-corrected chi connectivity index (χ4v) is 3.86. The first-order valence-corrected chi connectivity index (χ1v) is 8.62. The highest BCUT2D eigenvalue weighted by molar-refractivity contribution is 9.11. The van der Waals surface area contributed by atoms with Crippen LogP contribution in [0.5, 0.6) is 0 Å². The molecule has 110 valence electrons. The second kappa shape index (κ2) is 7.57. The molecule has 0 aliphatic carbocycles. The van der Waals surface area contributed by atoms with Crippen LogP contribution >= 0.6 is 31.9 Å². The molecule has 3 nitrogen and oxygen atoms in total. The molecule has 1 amide bonds. The summed E-state index contributed by atoms with van der Waals surface area (Å²) in [6.45, 7) is 5.31. The standard InChI is InChI=1S/C15H20Br2N2O/c1-11(10-19-5-3-2-4-6-19)18-15(20)12-7-13(16)9-14(17)8-12/h7-9,11H,2-6,10H2,1H3,(H,18,20). The number of rotatable bonds is 4. The highest BCUT2D eigenvalue weighted by Crippen LogP contribution is 2.20. The Kier molecular flexibility index (Phi) is 6.05. The van der Waals surface area contributed by atoms with E-state index >= 15 is 0 Å². The van der Waals surface area contributed by atoms with Crippen LogP contribution in [0.25, 0.3) is 0 Å². The van der Waals surface area contributed by atoms with Crippen LogP contribution in [-0.4, -0.2) is 36.5 Å². The van der Waals surface area contributed by atoms with E-state index in [0.717, 1.165) is 28.6 Å². The molecule has 1 aliphatic heterocycles. The topological polar surface area (TPSA) is 32.3 Å².